The van der Waals surface area contributed by atoms with Gasteiger partial charge in [0.05, 0.1) is 5.56 Å². The van der Waals surface area contributed by atoms with Gasteiger partial charge in [-0.3, -0.25) is 4.79 Å². The Kier molecular flexibility index (Phi) is 4.65. The molecular formula is C16H25N3O. The Morgan fingerprint density at radius 3 is 2.80 bits per heavy atom. The van der Waals surface area contributed by atoms with Crippen LogP contribution in [0.3, 0.4) is 0 Å². The maximum Gasteiger partial charge on any atom is 0.256 e. The minimum Gasteiger partial charge on any atom is -0.385 e. The summed E-state index contributed by atoms with van der Waals surface area (Å²) in [4.78, 5) is 17.1. The molecule has 1 aliphatic rings. The fourth-order valence-electron chi connectivity index (χ4n) is 2.78. The van der Waals surface area contributed by atoms with Crippen LogP contribution in [0.4, 0.5) is 5.69 Å². The maximum atomic E-state index is 12.8. The van der Waals surface area contributed by atoms with Crippen molar-refractivity contribution in [2.45, 2.75) is 26.8 Å². The molecule has 1 saturated heterocycles. The van der Waals surface area contributed by atoms with Crippen molar-refractivity contribution in [1.82, 2.24) is 9.80 Å². The second-order valence-electron chi connectivity index (χ2n) is 5.69. The Bertz CT molecular complexity index is 487. The zero-order valence-corrected chi connectivity index (χ0v) is 12.9. The third-order valence-electron chi connectivity index (χ3n) is 3.86. The van der Waals surface area contributed by atoms with Crippen molar-refractivity contribution >= 4 is 11.6 Å². The molecule has 1 atom stereocenters. The summed E-state index contributed by atoms with van der Waals surface area (Å²) in [5, 5.41) is 3.30. The standard InChI is InChI=1S/C16H25N3O/c1-5-17-15-10-12(2)6-7-14(15)16(20)19-9-8-18(4)11-13(19)3/h6-7,10,13,17H,5,8-9,11H2,1-4H3. The van der Waals surface area contributed by atoms with Crippen LogP contribution < -0.4 is 5.32 Å². The molecule has 1 aromatic carbocycles. The Labute approximate surface area is 121 Å². The van der Waals surface area contributed by atoms with Gasteiger partial charge >= 0.3 is 0 Å². The smallest absolute Gasteiger partial charge is 0.256 e. The predicted molar refractivity (Wildman–Crippen MR) is 83.3 cm³/mol. The van der Waals surface area contributed by atoms with E-state index in [0.29, 0.717) is 0 Å². The van der Waals surface area contributed by atoms with Crippen molar-refractivity contribution in [1.29, 1.82) is 0 Å². The van der Waals surface area contributed by atoms with Crippen molar-refractivity contribution in [3.63, 3.8) is 0 Å². The number of carbonyl (C=O) groups is 1. The Hall–Kier alpha value is -1.55. The van der Waals surface area contributed by atoms with Crippen LogP contribution in [0.5, 0.6) is 0 Å². The average molecular weight is 275 g/mol. The number of benzene rings is 1. The predicted octanol–water partition coefficient (Wildman–Crippen LogP) is 2.20. The van der Waals surface area contributed by atoms with Gasteiger partial charge in [-0.05, 0) is 45.5 Å². The summed E-state index contributed by atoms with van der Waals surface area (Å²) >= 11 is 0. The molecular weight excluding hydrogens is 250 g/mol. The number of hydrogen-bond acceptors (Lipinski definition) is 3. The van der Waals surface area contributed by atoms with E-state index in [1.54, 1.807) is 0 Å². The van der Waals surface area contributed by atoms with E-state index in [9.17, 15) is 4.79 Å². The van der Waals surface area contributed by atoms with Crippen LogP contribution >= 0.6 is 0 Å². The molecule has 1 N–H and O–H groups in total. The molecule has 0 spiro atoms. The van der Waals surface area contributed by atoms with Crippen LogP contribution in [-0.2, 0) is 0 Å². The van der Waals surface area contributed by atoms with Crippen LogP contribution in [0.1, 0.15) is 29.8 Å². The molecule has 0 aliphatic carbocycles. The van der Waals surface area contributed by atoms with E-state index in [2.05, 4.69) is 37.2 Å². The fourth-order valence-corrected chi connectivity index (χ4v) is 2.78. The number of nitrogens with zero attached hydrogens (tertiary/aromatic N) is 2. The summed E-state index contributed by atoms with van der Waals surface area (Å²) < 4.78 is 0. The van der Waals surface area contributed by atoms with Crippen molar-refractivity contribution in [3.8, 4) is 0 Å². The molecule has 2 rings (SSSR count). The number of amides is 1. The maximum absolute atomic E-state index is 12.8. The monoisotopic (exact) mass is 275 g/mol. The van der Waals surface area contributed by atoms with Gasteiger partial charge in [-0.25, -0.2) is 0 Å². The molecule has 0 saturated carbocycles. The van der Waals surface area contributed by atoms with Gasteiger partial charge in [0, 0.05) is 37.9 Å². The number of rotatable bonds is 3. The van der Waals surface area contributed by atoms with E-state index in [4.69, 9.17) is 0 Å². The van der Waals surface area contributed by atoms with Crippen LogP contribution in [0.15, 0.2) is 18.2 Å². The van der Waals surface area contributed by atoms with Crippen LogP contribution in [-0.4, -0.2) is 55.0 Å². The summed E-state index contributed by atoms with van der Waals surface area (Å²) in [6, 6.07) is 6.27. The number of carbonyl (C=O) groups excluding carboxylic acids is 1. The highest BCUT2D eigenvalue weighted by molar-refractivity contribution is 6.00. The van der Waals surface area contributed by atoms with Gasteiger partial charge in [-0.1, -0.05) is 6.07 Å². The topological polar surface area (TPSA) is 35.6 Å². The second kappa shape index (κ2) is 6.27. The molecule has 1 aromatic rings. The number of nitrogens with one attached hydrogen (secondary N) is 1. The van der Waals surface area contributed by atoms with Crippen LogP contribution in [0, 0.1) is 6.92 Å². The molecule has 1 amide bonds. The molecule has 0 bridgehead atoms. The Morgan fingerprint density at radius 1 is 1.40 bits per heavy atom. The van der Waals surface area contributed by atoms with Crippen molar-refractivity contribution in [2.24, 2.45) is 0 Å². The lowest BCUT2D eigenvalue weighted by atomic mass is 10.1. The quantitative estimate of drug-likeness (QED) is 0.918. The van der Waals surface area contributed by atoms with Crippen LogP contribution in [0.2, 0.25) is 0 Å². The zero-order chi connectivity index (χ0) is 14.7. The molecule has 1 aliphatic heterocycles. The van der Waals surface area contributed by atoms with Gasteiger partial charge in [0.1, 0.15) is 0 Å². The van der Waals surface area contributed by atoms with Gasteiger partial charge in [0.25, 0.3) is 5.91 Å². The summed E-state index contributed by atoms with van der Waals surface area (Å²) in [6.45, 7) is 9.72. The highest BCUT2D eigenvalue weighted by Crippen LogP contribution is 2.21. The summed E-state index contributed by atoms with van der Waals surface area (Å²) in [6.07, 6.45) is 0. The third kappa shape index (κ3) is 3.12. The Balaban J connectivity index is 2.24. The van der Waals surface area contributed by atoms with E-state index in [1.807, 2.05) is 24.0 Å². The summed E-state index contributed by atoms with van der Waals surface area (Å²) in [5.41, 5.74) is 2.90. The summed E-state index contributed by atoms with van der Waals surface area (Å²) in [5.74, 6) is 0.140. The van der Waals surface area contributed by atoms with E-state index >= 15 is 0 Å². The number of aryl methyl sites for hydroxylation is 1. The molecule has 4 heteroatoms. The van der Waals surface area contributed by atoms with Gasteiger partial charge in [0.2, 0.25) is 0 Å². The van der Waals surface area contributed by atoms with Crippen molar-refractivity contribution in [2.75, 3.05) is 38.5 Å². The molecule has 0 aromatic heterocycles. The van der Waals surface area contributed by atoms with Gasteiger partial charge in [0.15, 0.2) is 0 Å². The average Bonchev–Trinajstić information content (AvgIpc) is 2.38. The number of anilines is 1. The van der Waals surface area contributed by atoms with E-state index < -0.39 is 0 Å². The SMILES string of the molecule is CCNc1cc(C)ccc1C(=O)N1CCN(C)CC1C. The molecule has 1 unspecified atom stereocenters. The fraction of sp³-hybridized carbons (Fsp3) is 0.562. The van der Waals surface area contributed by atoms with E-state index in [0.717, 1.165) is 37.4 Å². The second-order valence-corrected chi connectivity index (χ2v) is 5.69. The first-order valence-corrected chi connectivity index (χ1v) is 7.37. The zero-order valence-electron chi connectivity index (χ0n) is 12.9. The summed E-state index contributed by atoms with van der Waals surface area (Å²) in [7, 11) is 2.11. The molecule has 20 heavy (non-hydrogen) atoms. The number of hydrogen-bond donors (Lipinski definition) is 1. The Morgan fingerprint density at radius 2 is 2.15 bits per heavy atom. The van der Waals surface area contributed by atoms with E-state index in [-0.39, 0.29) is 11.9 Å². The highest BCUT2D eigenvalue weighted by Gasteiger charge is 2.27. The van der Waals surface area contributed by atoms with Gasteiger partial charge < -0.3 is 15.1 Å². The largest absolute Gasteiger partial charge is 0.385 e. The van der Waals surface area contributed by atoms with Crippen LogP contribution in [0.25, 0.3) is 0 Å². The first-order valence-electron chi connectivity index (χ1n) is 7.37. The normalized spacial score (nSPS) is 20.0. The lowest BCUT2D eigenvalue weighted by Crippen LogP contribution is -2.52. The molecule has 110 valence electrons. The molecule has 4 nitrogen and oxygen atoms in total. The lowest BCUT2D eigenvalue weighted by molar-refractivity contribution is 0.0534. The lowest BCUT2D eigenvalue weighted by Gasteiger charge is -2.38. The number of piperazine rings is 1. The highest BCUT2D eigenvalue weighted by atomic mass is 16.2. The number of likely N-dealkylation sites (N-methyl/N-ethyl adjacent to an activating group) is 1. The van der Waals surface area contributed by atoms with E-state index in [1.165, 1.54) is 5.56 Å². The third-order valence-corrected chi connectivity index (χ3v) is 3.86. The first kappa shape index (κ1) is 14.9. The van der Waals surface area contributed by atoms with Gasteiger partial charge in [-0.2, -0.15) is 0 Å². The molecule has 0 radical (unpaired) electrons. The van der Waals surface area contributed by atoms with Gasteiger partial charge in [-0.15, -0.1) is 0 Å². The van der Waals surface area contributed by atoms with Crippen molar-refractivity contribution in [3.05, 3.63) is 29.3 Å². The minimum atomic E-state index is 0.140. The molecule has 1 heterocycles. The molecule has 1 fully saturated rings. The minimum absolute atomic E-state index is 0.140. The van der Waals surface area contributed by atoms with Crippen molar-refractivity contribution < 1.29 is 4.79 Å². The first-order chi connectivity index (χ1) is 9.52.